The summed E-state index contributed by atoms with van der Waals surface area (Å²) in [5, 5.41) is 2.43. The van der Waals surface area contributed by atoms with Gasteiger partial charge in [-0.2, -0.15) is 0 Å². The summed E-state index contributed by atoms with van der Waals surface area (Å²) in [5.74, 6) is 1.29. The Bertz CT molecular complexity index is 415. The van der Waals surface area contributed by atoms with Gasteiger partial charge < -0.3 is 14.2 Å². The molecular formula is C12H15NO4. The van der Waals surface area contributed by atoms with Gasteiger partial charge in [-0.3, -0.25) is 5.32 Å². The van der Waals surface area contributed by atoms with E-state index in [0.717, 1.165) is 5.56 Å². The van der Waals surface area contributed by atoms with Crippen molar-refractivity contribution in [3.05, 3.63) is 30.0 Å². The molecule has 1 N–H and O–H groups in total. The van der Waals surface area contributed by atoms with Crippen LogP contribution >= 0.6 is 0 Å². The average Bonchev–Trinajstić information content (AvgIpc) is 2.38. The largest absolute Gasteiger partial charge is 0.493 e. The molecule has 92 valence electrons. The van der Waals surface area contributed by atoms with Gasteiger partial charge in [-0.15, -0.1) is 0 Å². The first-order chi connectivity index (χ1) is 8.21. The maximum absolute atomic E-state index is 10.8. The van der Waals surface area contributed by atoms with E-state index in [2.05, 4.69) is 10.1 Å². The normalized spacial score (nSPS) is 10.1. The van der Waals surface area contributed by atoms with Crippen LogP contribution in [0, 0.1) is 0 Å². The fraction of sp³-hybridized carbons (Fsp3) is 0.250. The molecule has 5 nitrogen and oxygen atoms in total. The SMILES string of the molecule is COC(=O)N/C=C/c1ccc(OC)c(OC)c1. The standard InChI is InChI=1S/C12H15NO4/c1-15-10-5-4-9(8-11(10)16-2)6-7-13-12(14)17-3/h4-8H,1-3H3,(H,13,14)/b7-6+. The highest BCUT2D eigenvalue weighted by Crippen LogP contribution is 2.27. The first kappa shape index (κ1) is 12.9. The number of nitrogens with one attached hydrogen (secondary N) is 1. The topological polar surface area (TPSA) is 56.8 Å². The van der Waals surface area contributed by atoms with Crippen LogP contribution in [0.25, 0.3) is 6.08 Å². The van der Waals surface area contributed by atoms with Crippen molar-refractivity contribution in [1.82, 2.24) is 5.32 Å². The fourth-order valence-electron chi connectivity index (χ4n) is 1.22. The molecule has 0 aromatic heterocycles. The summed E-state index contributed by atoms with van der Waals surface area (Å²) in [6, 6.07) is 5.43. The molecule has 0 aliphatic heterocycles. The molecule has 0 spiro atoms. The predicted octanol–water partition coefficient (Wildman–Crippen LogP) is 2.03. The van der Waals surface area contributed by atoms with Crippen molar-refractivity contribution in [3.8, 4) is 11.5 Å². The number of carbonyl (C=O) groups is 1. The van der Waals surface area contributed by atoms with Crippen molar-refractivity contribution in [3.63, 3.8) is 0 Å². The number of rotatable bonds is 4. The van der Waals surface area contributed by atoms with Gasteiger partial charge in [0.25, 0.3) is 0 Å². The van der Waals surface area contributed by atoms with Gasteiger partial charge in [-0.05, 0) is 23.8 Å². The van der Waals surface area contributed by atoms with Gasteiger partial charge in [0.2, 0.25) is 0 Å². The van der Waals surface area contributed by atoms with E-state index in [4.69, 9.17) is 9.47 Å². The average molecular weight is 237 g/mol. The molecule has 0 unspecified atom stereocenters. The zero-order chi connectivity index (χ0) is 12.7. The lowest BCUT2D eigenvalue weighted by Gasteiger charge is -2.07. The molecule has 0 aliphatic rings. The summed E-state index contributed by atoms with van der Waals surface area (Å²) < 4.78 is 14.7. The number of ether oxygens (including phenoxy) is 3. The van der Waals surface area contributed by atoms with Crippen molar-refractivity contribution >= 4 is 12.2 Å². The van der Waals surface area contributed by atoms with Crippen molar-refractivity contribution < 1.29 is 19.0 Å². The van der Waals surface area contributed by atoms with Crippen LogP contribution in [-0.4, -0.2) is 27.4 Å². The van der Waals surface area contributed by atoms with Crippen LogP contribution in [0.5, 0.6) is 11.5 Å². The first-order valence-corrected chi connectivity index (χ1v) is 4.94. The van der Waals surface area contributed by atoms with Crippen LogP contribution in [0.1, 0.15) is 5.56 Å². The third-order valence-corrected chi connectivity index (χ3v) is 2.07. The molecule has 17 heavy (non-hydrogen) atoms. The summed E-state index contributed by atoms with van der Waals surface area (Å²) >= 11 is 0. The van der Waals surface area contributed by atoms with Gasteiger partial charge in [0.05, 0.1) is 21.3 Å². The lowest BCUT2D eigenvalue weighted by atomic mass is 10.2. The lowest BCUT2D eigenvalue weighted by molar-refractivity contribution is 0.175. The number of alkyl carbamates (subject to hydrolysis) is 1. The molecule has 0 heterocycles. The van der Waals surface area contributed by atoms with E-state index in [1.54, 1.807) is 32.4 Å². The molecule has 1 aromatic carbocycles. The number of hydrogen-bond acceptors (Lipinski definition) is 4. The Morgan fingerprint density at radius 1 is 1.18 bits per heavy atom. The number of carbonyl (C=O) groups excluding carboxylic acids is 1. The van der Waals surface area contributed by atoms with Crippen LogP contribution < -0.4 is 14.8 Å². The van der Waals surface area contributed by atoms with Crippen LogP contribution in [0.15, 0.2) is 24.4 Å². The Morgan fingerprint density at radius 2 is 1.88 bits per heavy atom. The molecule has 0 bridgehead atoms. The maximum Gasteiger partial charge on any atom is 0.410 e. The van der Waals surface area contributed by atoms with Gasteiger partial charge in [0.1, 0.15) is 0 Å². The van der Waals surface area contributed by atoms with Crippen molar-refractivity contribution in [2.45, 2.75) is 0 Å². The van der Waals surface area contributed by atoms with E-state index in [1.165, 1.54) is 13.3 Å². The number of benzene rings is 1. The first-order valence-electron chi connectivity index (χ1n) is 4.94. The molecule has 0 radical (unpaired) electrons. The highest BCUT2D eigenvalue weighted by atomic mass is 16.5. The highest BCUT2D eigenvalue weighted by molar-refractivity contribution is 5.69. The molecule has 1 amide bonds. The van der Waals surface area contributed by atoms with Crippen molar-refractivity contribution in [2.24, 2.45) is 0 Å². The van der Waals surface area contributed by atoms with Crippen LogP contribution in [0.3, 0.4) is 0 Å². The zero-order valence-corrected chi connectivity index (χ0v) is 10.0. The van der Waals surface area contributed by atoms with Gasteiger partial charge in [-0.1, -0.05) is 6.07 Å². The van der Waals surface area contributed by atoms with E-state index in [0.29, 0.717) is 11.5 Å². The van der Waals surface area contributed by atoms with E-state index in [-0.39, 0.29) is 0 Å². The smallest absolute Gasteiger partial charge is 0.410 e. The Morgan fingerprint density at radius 3 is 2.47 bits per heavy atom. The van der Waals surface area contributed by atoms with Crippen molar-refractivity contribution in [2.75, 3.05) is 21.3 Å². The van der Waals surface area contributed by atoms with E-state index in [9.17, 15) is 4.79 Å². The summed E-state index contributed by atoms with van der Waals surface area (Å²) in [7, 11) is 4.45. The van der Waals surface area contributed by atoms with Gasteiger partial charge >= 0.3 is 6.09 Å². The van der Waals surface area contributed by atoms with Gasteiger partial charge in [-0.25, -0.2) is 4.79 Å². The molecule has 0 fully saturated rings. The van der Waals surface area contributed by atoms with Crippen LogP contribution in [-0.2, 0) is 4.74 Å². The Kier molecular flexibility index (Phi) is 4.87. The van der Waals surface area contributed by atoms with Gasteiger partial charge in [0, 0.05) is 6.20 Å². The molecule has 0 atom stereocenters. The lowest BCUT2D eigenvalue weighted by Crippen LogP contribution is -2.15. The Hall–Kier alpha value is -2.17. The highest BCUT2D eigenvalue weighted by Gasteiger charge is 2.02. The molecule has 0 saturated heterocycles. The zero-order valence-electron chi connectivity index (χ0n) is 10.0. The maximum atomic E-state index is 10.8. The molecular weight excluding hydrogens is 222 g/mol. The summed E-state index contributed by atoms with van der Waals surface area (Å²) in [6.07, 6.45) is 2.70. The third-order valence-electron chi connectivity index (χ3n) is 2.07. The van der Waals surface area contributed by atoms with Crippen LogP contribution in [0.2, 0.25) is 0 Å². The summed E-state index contributed by atoms with van der Waals surface area (Å²) in [5.41, 5.74) is 0.874. The van der Waals surface area contributed by atoms with E-state index in [1.807, 2.05) is 6.07 Å². The fourth-order valence-corrected chi connectivity index (χ4v) is 1.22. The quantitative estimate of drug-likeness (QED) is 0.870. The minimum atomic E-state index is -0.512. The molecule has 0 saturated carbocycles. The third kappa shape index (κ3) is 3.71. The second-order valence-corrected chi connectivity index (χ2v) is 3.08. The number of amides is 1. The molecule has 1 rings (SSSR count). The summed E-state index contributed by atoms with van der Waals surface area (Å²) in [6.45, 7) is 0. The Labute approximate surface area is 100.0 Å². The molecule has 0 aliphatic carbocycles. The van der Waals surface area contributed by atoms with Gasteiger partial charge in [0.15, 0.2) is 11.5 Å². The molecule has 5 heteroatoms. The number of hydrogen-bond donors (Lipinski definition) is 1. The van der Waals surface area contributed by atoms with E-state index < -0.39 is 6.09 Å². The minimum absolute atomic E-state index is 0.512. The second kappa shape index (κ2) is 6.42. The number of methoxy groups -OCH3 is 3. The Balaban J connectivity index is 2.75. The second-order valence-electron chi connectivity index (χ2n) is 3.08. The van der Waals surface area contributed by atoms with Crippen LogP contribution in [0.4, 0.5) is 4.79 Å². The molecule has 1 aromatic rings. The predicted molar refractivity (Wildman–Crippen MR) is 64.1 cm³/mol. The van der Waals surface area contributed by atoms with Crippen molar-refractivity contribution in [1.29, 1.82) is 0 Å². The monoisotopic (exact) mass is 237 g/mol. The summed E-state index contributed by atoms with van der Waals surface area (Å²) in [4.78, 5) is 10.8. The minimum Gasteiger partial charge on any atom is -0.493 e. The van der Waals surface area contributed by atoms with E-state index >= 15 is 0 Å².